The van der Waals surface area contributed by atoms with E-state index >= 15 is 0 Å². The molecule has 2 aromatic carbocycles. The minimum atomic E-state index is -4.21. The van der Waals surface area contributed by atoms with Gasteiger partial charge in [-0.1, -0.05) is 6.07 Å². The molecule has 11 heteroatoms. The van der Waals surface area contributed by atoms with Gasteiger partial charge in [-0.25, -0.2) is 17.7 Å². The Balaban J connectivity index is 1.70. The highest BCUT2D eigenvalue weighted by Gasteiger charge is 2.47. The molecule has 34 heavy (non-hydrogen) atoms. The topological polar surface area (TPSA) is 104 Å². The van der Waals surface area contributed by atoms with Crippen LogP contribution in [0.2, 0.25) is 0 Å². The minimum Gasteiger partial charge on any atom is -0.326 e. The van der Waals surface area contributed by atoms with Crippen LogP contribution in [0.15, 0.2) is 70.9 Å². The molecule has 0 aliphatic carbocycles. The maximum Gasteiger partial charge on any atom is 0.252 e. The third-order valence-corrected chi connectivity index (χ3v) is 7.96. The molecule has 1 N–H and O–H groups in total. The predicted octanol–water partition coefficient (Wildman–Crippen LogP) is 3.37. The van der Waals surface area contributed by atoms with Gasteiger partial charge in [0.15, 0.2) is 0 Å². The van der Waals surface area contributed by atoms with Crippen molar-refractivity contribution < 1.29 is 27.2 Å². The molecule has 8 nitrogen and oxygen atoms in total. The van der Waals surface area contributed by atoms with Gasteiger partial charge in [-0.2, -0.15) is 4.31 Å². The number of anilines is 2. The van der Waals surface area contributed by atoms with E-state index in [1.807, 2.05) is 0 Å². The van der Waals surface area contributed by atoms with Gasteiger partial charge in [0.25, 0.3) is 5.91 Å². The summed E-state index contributed by atoms with van der Waals surface area (Å²) in [5.74, 6) is -2.10. The van der Waals surface area contributed by atoms with Gasteiger partial charge in [0.05, 0.1) is 17.0 Å². The summed E-state index contributed by atoms with van der Waals surface area (Å²) in [7, 11) is -4.21. The Morgan fingerprint density at radius 2 is 1.79 bits per heavy atom. The van der Waals surface area contributed by atoms with E-state index in [0.29, 0.717) is 10.6 Å². The third-order valence-electron chi connectivity index (χ3n) is 5.23. The number of imide groups is 1. The Morgan fingerprint density at radius 3 is 2.38 bits per heavy atom. The monoisotopic (exact) mass is 501 g/mol. The lowest BCUT2D eigenvalue weighted by molar-refractivity contribution is -0.122. The zero-order valence-corrected chi connectivity index (χ0v) is 19.6. The number of hydrogen-bond donors (Lipinski definition) is 1. The lowest BCUT2D eigenvalue weighted by Crippen LogP contribution is -2.44. The summed E-state index contributed by atoms with van der Waals surface area (Å²) in [6, 6.07) is 12.7. The fourth-order valence-electron chi connectivity index (χ4n) is 3.67. The molecule has 1 aliphatic rings. The van der Waals surface area contributed by atoms with Crippen LogP contribution in [0.1, 0.15) is 18.2 Å². The van der Waals surface area contributed by atoms with Crippen molar-refractivity contribution >= 4 is 50.5 Å². The first-order valence-electron chi connectivity index (χ1n) is 10.2. The number of sulfonamides is 1. The molecule has 1 saturated heterocycles. The van der Waals surface area contributed by atoms with Crippen LogP contribution in [0.4, 0.5) is 15.8 Å². The summed E-state index contributed by atoms with van der Waals surface area (Å²) in [5.41, 5.74) is 0.595. The van der Waals surface area contributed by atoms with E-state index in [2.05, 4.69) is 5.32 Å². The standard InChI is InChI=1S/C23H20FN3O5S2/c1-15(28)25-17-6-10-20(11-7-17)34(31,32)26(14-19-3-2-12-33-19)21-13-22(29)27(23(21)30)18-8-4-16(24)5-9-18/h2-12,21H,13-14H2,1H3,(H,25,28). The first-order chi connectivity index (χ1) is 16.2. The van der Waals surface area contributed by atoms with Crippen molar-refractivity contribution in [1.29, 1.82) is 0 Å². The van der Waals surface area contributed by atoms with Crippen LogP contribution in [0.3, 0.4) is 0 Å². The van der Waals surface area contributed by atoms with Gasteiger partial charge < -0.3 is 5.32 Å². The van der Waals surface area contributed by atoms with E-state index in [-0.39, 0.29) is 29.5 Å². The highest BCUT2D eigenvalue weighted by atomic mass is 32.2. The second kappa shape index (κ2) is 9.45. The molecule has 176 valence electrons. The summed E-state index contributed by atoms with van der Waals surface area (Å²) >= 11 is 1.33. The van der Waals surface area contributed by atoms with Crippen molar-refractivity contribution in [3.05, 3.63) is 76.7 Å². The van der Waals surface area contributed by atoms with Crippen molar-refractivity contribution in [2.24, 2.45) is 0 Å². The second-order valence-corrected chi connectivity index (χ2v) is 10.5. The van der Waals surface area contributed by atoms with E-state index in [1.165, 1.54) is 54.7 Å². The minimum absolute atomic E-state index is 0.0846. The number of thiophene rings is 1. The molecule has 0 spiro atoms. The molecule has 0 bridgehead atoms. The molecule has 4 rings (SSSR count). The first-order valence-corrected chi connectivity index (χ1v) is 12.5. The molecule has 0 radical (unpaired) electrons. The average molecular weight is 502 g/mol. The Bertz CT molecular complexity index is 1320. The Kier molecular flexibility index (Phi) is 6.60. The molecule has 3 aromatic rings. The lowest BCUT2D eigenvalue weighted by atomic mass is 10.2. The van der Waals surface area contributed by atoms with E-state index in [0.717, 1.165) is 21.3 Å². The summed E-state index contributed by atoms with van der Waals surface area (Å²) < 4.78 is 41.6. The maximum absolute atomic E-state index is 13.6. The van der Waals surface area contributed by atoms with Gasteiger partial charge in [-0.15, -0.1) is 11.3 Å². The molecule has 1 aliphatic heterocycles. The SMILES string of the molecule is CC(=O)Nc1ccc(S(=O)(=O)N(Cc2cccs2)C2CC(=O)N(c3ccc(F)cc3)C2=O)cc1. The molecular weight excluding hydrogens is 481 g/mol. The van der Waals surface area contributed by atoms with Crippen molar-refractivity contribution in [2.75, 3.05) is 10.2 Å². The van der Waals surface area contributed by atoms with Crippen molar-refractivity contribution in [1.82, 2.24) is 4.31 Å². The zero-order valence-electron chi connectivity index (χ0n) is 18.0. The molecule has 1 fully saturated rings. The average Bonchev–Trinajstić information content (AvgIpc) is 3.40. The Labute approximate surface area is 199 Å². The lowest BCUT2D eigenvalue weighted by Gasteiger charge is -2.26. The molecule has 0 saturated carbocycles. The van der Waals surface area contributed by atoms with Gasteiger partial charge in [0.2, 0.25) is 21.8 Å². The number of nitrogens with zero attached hydrogens (tertiary/aromatic N) is 2. The fourth-order valence-corrected chi connectivity index (χ4v) is 6.01. The summed E-state index contributed by atoms with van der Waals surface area (Å²) in [4.78, 5) is 38.8. The van der Waals surface area contributed by atoms with Crippen LogP contribution in [-0.2, 0) is 31.0 Å². The number of nitrogens with one attached hydrogen (secondary N) is 1. The first kappa shape index (κ1) is 23.7. The van der Waals surface area contributed by atoms with E-state index in [9.17, 15) is 27.2 Å². The number of rotatable bonds is 7. The quantitative estimate of drug-likeness (QED) is 0.500. The molecule has 1 unspecified atom stereocenters. The van der Waals surface area contributed by atoms with Crippen LogP contribution >= 0.6 is 11.3 Å². The van der Waals surface area contributed by atoms with E-state index in [4.69, 9.17) is 0 Å². The summed E-state index contributed by atoms with van der Waals surface area (Å²) in [6.45, 7) is 1.23. The van der Waals surface area contributed by atoms with Crippen LogP contribution in [0.5, 0.6) is 0 Å². The van der Waals surface area contributed by atoms with Crippen molar-refractivity contribution in [3.8, 4) is 0 Å². The van der Waals surface area contributed by atoms with Crippen molar-refractivity contribution in [3.63, 3.8) is 0 Å². The largest absolute Gasteiger partial charge is 0.326 e. The third kappa shape index (κ3) is 4.76. The fraction of sp³-hybridized carbons (Fsp3) is 0.174. The Morgan fingerprint density at radius 1 is 1.12 bits per heavy atom. The smallest absolute Gasteiger partial charge is 0.252 e. The second-order valence-electron chi connectivity index (χ2n) is 7.60. The van der Waals surface area contributed by atoms with Crippen LogP contribution in [0, 0.1) is 5.82 Å². The summed E-state index contributed by atoms with van der Waals surface area (Å²) in [6.07, 6.45) is -0.342. The van der Waals surface area contributed by atoms with Crippen molar-refractivity contribution in [2.45, 2.75) is 30.8 Å². The molecule has 1 aromatic heterocycles. The molecule has 1 atom stereocenters. The van der Waals surface area contributed by atoms with Gasteiger partial charge in [-0.3, -0.25) is 14.4 Å². The number of amides is 3. The number of hydrogen-bond acceptors (Lipinski definition) is 6. The number of benzene rings is 2. The van der Waals surface area contributed by atoms with Crippen LogP contribution < -0.4 is 10.2 Å². The number of halogens is 1. The summed E-state index contributed by atoms with van der Waals surface area (Å²) in [5, 5.41) is 4.35. The van der Waals surface area contributed by atoms with Crippen LogP contribution in [0.25, 0.3) is 0 Å². The Hall–Kier alpha value is -3.41. The molecule has 3 amide bonds. The molecular formula is C23H20FN3O5S2. The predicted molar refractivity (Wildman–Crippen MR) is 125 cm³/mol. The zero-order chi connectivity index (χ0) is 24.5. The normalized spacial score (nSPS) is 16.3. The van der Waals surface area contributed by atoms with E-state index in [1.54, 1.807) is 17.5 Å². The van der Waals surface area contributed by atoms with Gasteiger partial charge >= 0.3 is 0 Å². The van der Waals surface area contributed by atoms with Crippen LogP contribution in [-0.4, -0.2) is 36.5 Å². The highest BCUT2D eigenvalue weighted by Crippen LogP contribution is 2.31. The van der Waals surface area contributed by atoms with Gasteiger partial charge in [0.1, 0.15) is 11.9 Å². The number of carbonyl (C=O) groups is 3. The van der Waals surface area contributed by atoms with Gasteiger partial charge in [-0.05, 0) is 60.0 Å². The number of carbonyl (C=O) groups excluding carboxylic acids is 3. The molecule has 2 heterocycles. The van der Waals surface area contributed by atoms with E-state index < -0.39 is 33.7 Å². The highest BCUT2D eigenvalue weighted by molar-refractivity contribution is 7.89. The maximum atomic E-state index is 13.6. The van der Waals surface area contributed by atoms with Gasteiger partial charge in [0, 0.05) is 24.0 Å².